The molecule has 2 atom stereocenters. The monoisotopic (exact) mass is 310 g/mol. The molecule has 3 rings (SSSR count). The van der Waals surface area contributed by atoms with Gasteiger partial charge >= 0.3 is 0 Å². The molecule has 0 radical (unpaired) electrons. The van der Waals surface area contributed by atoms with Crippen LogP contribution < -0.4 is 5.32 Å². The molecule has 23 heavy (non-hydrogen) atoms. The van der Waals surface area contributed by atoms with E-state index in [4.69, 9.17) is 4.74 Å². The zero-order valence-corrected chi connectivity index (χ0v) is 13.4. The number of pyridine rings is 1. The Balaban J connectivity index is 1.76. The Morgan fingerprint density at radius 2 is 2.13 bits per heavy atom. The smallest absolute Gasteiger partial charge is 0.249 e. The van der Waals surface area contributed by atoms with Crippen LogP contribution in [0.4, 0.5) is 0 Å². The molecule has 1 fully saturated rings. The third kappa shape index (κ3) is 4.17. The van der Waals surface area contributed by atoms with Crippen molar-refractivity contribution in [3.8, 4) is 0 Å². The topological polar surface area (TPSA) is 51.2 Å². The second-order valence-electron chi connectivity index (χ2n) is 6.01. The van der Waals surface area contributed by atoms with Crippen molar-refractivity contribution in [2.75, 3.05) is 6.61 Å². The number of amides is 1. The SMILES string of the molecule is Cc1ccc(C[C@H](NC(=O)[C@@H]2CCCO2)c2ccccn2)cc1. The molecule has 120 valence electrons. The highest BCUT2D eigenvalue weighted by Crippen LogP contribution is 2.19. The van der Waals surface area contributed by atoms with E-state index in [-0.39, 0.29) is 18.1 Å². The second kappa shape index (κ2) is 7.38. The molecular weight excluding hydrogens is 288 g/mol. The Labute approximate surface area is 136 Å². The maximum Gasteiger partial charge on any atom is 0.249 e. The molecule has 1 aliphatic rings. The van der Waals surface area contributed by atoms with Crippen LogP contribution in [0.3, 0.4) is 0 Å². The summed E-state index contributed by atoms with van der Waals surface area (Å²) in [7, 11) is 0. The molecule has 0 saturated carbocycles. The van der Waals surface area contributed by atoms with Crippen LogP contribution in [0.25, 0.3) is 0 Å². The van der Waals surface area contributed by atoms with Gasteiger partial charge in [0.1, 0.15) is 6.10 Å². The van der Waals surface area contributed by atoms with Crippen LogP contribution in [0.5, 0.6) is 0 Å². The molecule has 2 heterocycles. The number of nitrogens with one attached hydrogen (secondary N) is 1. The summed E-state index contributed by atoms with van der Waals surface area (Å²) < 4.78 is 5.48. The Bertz CT molecular complexity index is 634. The lowest BCUT2D eigenvalue weighted by Crippen LogP contribution is -2.38. The largest absolute Gasteiger partial charge is 0.368 e. The van der Waals surface area contributed by atoms with Crippen LogP contribution in [0, 0.1) is 6.92 Å². The van der Waals surface area contributed by atoms with Crippen LogP contribution in [0.15, 0.2) is 48.7 Å². The van der Waals surface area contributed by atoms with Gasteiger partial charge in [-0.25, -0.2) is 0 Å². The number of hydrogen-bond donors (Lipinski definition) is 1. The van der Waals surface area contributed by atoms with Crippen molar-refractivity contribution >= 4 is 5.91 Å². The van der Waals surface area contributed by atoms with Crippen molar-refractivity contribution in [3.63, 3.8) is 0 Å². The molecular formula is C19H22N2O2. The first kappa shape index (κ1) is 15.7. The summed E-state index contributed by atoms with van der Waals surface area (Å²) in [5.74, 6) is -0.0368. The van der Waals surface area contributed by atoms with E-state index in [1.807, 2.05) is 18.2 Å². The highest BCUT2D eigenvalue weighted by atomic mass is 16.5. The summed E-state index contributed by atoms with van der Waals surface area (Å²) in [6.07, 6.45) is 3.90. The number of aryl methyl sites for hydroxylation is 1. The first-order chi connectivity index (χ1) is 11.2. The molecule has 2 aromatic rings. The van der Waals surface area contributed by atoms with Gasteiger partial charge in [-0.05, 0) is 43.9 Å². The van der Waals surface area contributed by atoms with E-state index >= 15 is 0 Å². The summed E-state index contributed by atoms with van der Waals surface area (Å²) in [5, 5.41) is 3.11. The van der Waals surface area contributed by atoms with Gasteiger partial charge < -0.3 is 10.1 Å². The minimum Gasteiger partial charge on any atom is -0.368 e. The van der Waals surface area contributed by atoms with E-state index in [2.05, 4.69) is 41.5 Å². The van der Waals surface area contributed by atoms with Gasteiger partial charge in [0.15, 0.2) is 0 Å². The molecule has 4 heteroatoms. The number of ether oxygens (including phenoxy) is 1. The van der Waals surface area contributed by atoms with E-state index in [0.717, 1.165) is 25.0 Å². The van der Waals surface area contributed by atoms with Gasteiger partial charge in [-0.1, -0.05) is 35.9 Å². The van der Waals surface area contributed by atoms with Crippen LogP contribution in [-0.4, -0.2) is 23.6 Å². The van der Waals surface area contributed by atoms with Gasteiger partial charge in [-0.15, -0.1) is 0 Å². The third-order valence-electron chi connectivity index (χ3n) is 4.14. The number of carbonyl (C=O) groups excluding carboxylic acids is 1. The predicted molar refractivity (Wildman–Crippen MR) is 89.0 cm³/mol. The van der Waals surface area contributed by atoms with Gasteiger partial charge in [0, 0.05) is 12.8 Å². The molecule has 1 aromatic heterocycles. The predicted octanol–water partition coefficient (Wildman–Crippen LogP) is 2.97. The Kier molecular flexibility index (Phi) is 5.03. The standard InChI is InChI=1S/C19H22N2O2/c1-14-7-9-15(10-8-14)13-17(16-5-2-3-11-20-16)21-19(22)18-6-4-12-23-18/h2-3,5,7-11,17-18H,4,6,12-13H2,1H3,(H,21,22)/t17-,18-/m0/s1. The molecule has 0 aliphatic carbocycles. The van der Waals surface area contributed by atoms with Gasteiger partial charge in [-0.2, -0.15) is 0 Å². The van der Waals surface area contributed by atoms with E-state index in [1.165, 1.54) is 11.1 Å². The minimum absolute atomic E-state index is 0.0368. The number of rotatable bonds is 5. The Morgan fingerprint density at radius 3 is 2.78 bits per heavy atom. The van der Waals surface area contributed by atoms with Crippen molar-refractivity contribution in [1.82, 2.24) is 10.3 Å². The fraction of sp³-hybridized carbons (Fsp3) is 0.368. The van der Waals surface area contributed by atoms with Gasteiger partial charge in [0.05, 0.1) is 11.7 Å². The minimum atomic E-state index is -0.320. The summed E-state index contributed by atoms with van der Waals surface area (Å²) in [4.78, 5) is 16.8. The number of carbonyl (C=O) groups is 1. The second-order valence-corrected chi connectivity index (χ2v) is 6.01. The van der Waals surface area contributed by atoms with E-state index in [1.54, 1.807) is 6.20 Å². The fourth-order valence-electron chi connectivity index (χ4n) is 2.82. The van der Waals surface area contributed by atoms with Crippen LogP contribution >= 0.6 is 0 Å². The number of hydrogen-bond acceptors (Lipinski definition) is 3. The lowest BCUT2D eigenvalue weighted by molar-refractivity contribution is -0.130. The summed E-state index contributed by atoms with van der Waals surface area (Å²) in [5.41, 5.74) is 3.28. The van der Waals surface area contributed by atoms with Crippen molar-refractivity contribution in [1.29, 1.82) is 0 Å². The zero-order valence-electron chi connectivity index (χ0n) is 13.4. The Hall–Kier alpha value is -2.20. The lowest BCUT2D eigenvalue weighted by Gasteiger charge is -2.20. The first-order valence-corrected chi connectivity index (χ1v) is 8.11. The summed E-state index contributed by atoms with van der Waals surface area (Å²) >= 11 is 0. The molecule has 4 nitrogen and oxygen atoms in total. The van der Waals surface area contributed by atoms with Crippen LogP contribution in [-0.2, 0) is 16.0 Å². The average Bonchev–Trinajstić information content (AvgIpc) is 3.12. The third-order valence-corrected chi connectivity index (χ3v) is 4.14. The molecule has 1 N–H and O–H groups in total. The van der Waals surface area contributed by atoms with Gasteiger partial charge in [0.2, 0.25) is 5.91 Å². The number of benzene rings is 1. The molecule has 0 unspecified atom stereocenters. The molecule has 0 spiro atoms. The first-order valence-electron chi connectivity index (χ1n) is 8.11. The van der Waals surface area contributed by atoms with E-state index < -0.39 is 0 Å². The van der Waals surface area contributed by atoms with Crippen molar-refractivity contribution < 1.29 is 9.53 Å². The van der Waals surface area contributed by atoms with Gasteiger partial charge in [0.25, 0.3) is 0 Å². The number of nitrogens with zero attached hydrogens (tertiary/aromatic N) is 1. The molecule has 1 saturated heterocycles. The van der Waals surface area contributed by atoms with Crippen molar-refractivity contribution in [2.24, 2.45) is 0 Å². The lowest BCUT2D eigenvalue weighted by atomic mass is 10.0. The summed E-state index contributed by atoms with van der Waals surface area (Å²) in [6.45, 7) is 2.74. The maximum atomic E-state index is 12.4. The van der Waals surface area contributed by atoms with Crippen molar-refractivity contribution in [3.05, 3.63) is 65.5 Å². The number of aromatic nitrogens is 1. The summed E-state index contributed by atoms with van der Waals surface area (Å²) in [6, 6.07) is 14.0. The van der Waals surface area contributed by atoms with E-state index in [9.17, 15) is 4.79 Å². The Morgan fingerprint density at radius 1 is 1.30 bits per heavy atom. The van der Waals surface area contributed by atoms with Crippen LogP contribution in [0.2, 0.25) is 0 Å². The van der Waals surface area contributed by atoms with Gasteiger partial charge in [-0.3, -0.25) is 9.78 Å². The quantitative estimate of drug-likeness (QED) is 0.923. The highest BCUT2D eigenvalue weighted by molar-refractivity contribution is 5.81. The fourth-order valence-corrected chi connectivity index (χ4v) is 2.82. The highest BCUT2D eigenvalue weighted by Gasteiger charge is 2.26. The normalized spacial score (nSPS) is 18.6. The average molecular weight is 310 g/mol. The van der Waals surface area contributed by atoms with Crippen LogP contribution in [0.1, 0.15) is 35.7 Å². The van der Waals surface area contributed by atoms with E-state index in [0.29, 0.717) is 6.61 Å². The molecule has 1 aliphatic heterocycles. The maximum absolute atomic E-state index is 12.4. The zero-order chi connectivity index (χ0) is 16.1. The molecule has 0 bridgehead atoms. The molecule has 1 amide bonds. The molecule has 1 aromatic carbocycles. The van der Waals surface area contributed by atoms with Crippen molar-refractivity contribution in [2.45, 2.75) is 38.3 Å².